The van der Waals surface area contributed by atoms with Crippen LogP contribution < -0.4 is 11.1 Å². The maximum atomic E-state index is 12.0. The van der Waals surface area contributed by atoms with Crippen molar-refractivity contribution in [2.45, 2.75) is 51.0 Å². The highest BCUT2D eigenvalue weighted by atomic mass is 35.5. The van der Waals surface area contributed by atoms with E-state index in [1.165, 1.54) is 0 Å². The Hall–Kier alpha value is -1.39. The standard InChI is InChI=1S/C17H24N2O2.ClH/c1-13-4-6-14(7-5-13)15(20)8-9-16(21)19-17(12-18)10-2-3-11-17;/h4-7H,2-3,8-12,18H2,1H3,(H,19,21);1H. The largest absolute Gasteiger partial charge is 0.349 e. The van der Waals surface area contributed by atoms with Gasteiger partial charge in [-0.3, -0.25) is 9.59 Å². The normalized spacial score (nSPS) is 15.9. The lowest BCUT2D eigenvalue weighted by molar-refractivity contribution is -0.122. The van der Waals surface area contributed by atoms with E-state index in [1.807, 2.05) is 31.2 Å². The number of nitrogens with one attached hydrogen (secondary N) is 1. The minimum Gasteiger partial charge on any atom is -0.349 e. The molecule has 0 radical (unpaired) electrons. The predicted molar refractivity (Wildman–Crippen MR) is 90.4 cm³/mol. The Kier molecular flexibility index (Phi) is 7.04. The summed E-state index contributed by atoms with van der Waals surface area (Å²) in [5.74, 6) is -0.0545. The summed E-state index contributed by atoms with van der Waals surface area (Å²) < 4.78 is 0. The molecule has 0 bridgehead atoms. The quantitative estimate of drug-likeness (QED) is 0.790. The summed E-state index contributed by atoms with van der Waals surface area (Å²) in [6, 6.07) is 7.45. The van der Waals surface area contributed by atoms with Crippen molar-refractivity contribution in [2.24, 2.45) is 5.73 Å². The minimum atomic E-state index is -0.232. The van der Waals surface area contributed by atoms with E-state index in [4.69, 9.17) is 5.73 Å². The third-order valence-corrected chi connectivity index (χ3v) is 4.31. The molecule has 1 aromatic carbocycles. The van der Waals surface area contributed by atoms with Crippen LogP contribution in [0, 0.1) is 6.92 Å². The number of carbonyl (C=O) groups is 2. The SMILES string of the molecule is Cc1ccc(C(=O)CCC(=O)NC2(CN)CCCC2)cc1.Cl. The fraction of sp³-hybridized carbons (Fsp3) is 0.529. The number of carbonyl (C=O) groups excluding carboxylic acids is 2. The molecule has 122 valence electrons. The van der Waals surface area contributed by atoms with Crippen LogP contribution in [0.4, 0.5) is 0 Å². The Balaban J connectivity index is 0.00000242. The highest BCUT2D eigenvalue weighted by Gasteiger charge is 2.33. The maximum Gasteiger partial charge on any atom is 0.220 e. The summed E-state index contributed by atoms with van der Waals surface area (Å²) in [6.45, 7) is 2.46. The molecule has 22 heavy (non-hydrogen) atoms. The average molecular weight is 325 g/mol. The summed E-state index contributed by atoms with van der Waals surface area (Å²) in [6.07, 6.45) is 4.59. The van der Waals surface area contributed by atoms with Gasteiger partial charge in [0.25, 0.3) is 0 Å². The van der Waals surface area contributed by atoms with E-state index in [1.54, 1.807) is 0 Å². The lowest BCUT2D eigenvalue weighted by Crippen LogP contribution is -2.51. The number of rotatable bonds is 6. The number of nitrogens with two attached hydrogens (primary N) is 1. The van der Waals surface area contributed by atoms with Crippen LogP contribution in [-0.2, 0) is 4.79 Å². The van der Waals surface area contributed by atoms with Crippen LogP contribution in [0.15, 0.2) is 24.3 Å². The molecule has 0 heterocycles. The number of halogens is 1. The van der Waals surface area contributed by atoms with Gasteiger partial charge in [-0.05, 0) is 19.8 Å². The maximum absolute atomic E-state index is 12.0. The van der Waals surface area contributed by atoms with Gasteiger partial charge in [0.15, 0.2) is 5.78 Å². The van der Waals surface area contributed by atoms with Gasteiger partial charge in [0.1, 0.15) is 0 Å². The van der Waals surface area contributed by atoms with Gasteiger partial charge in [-0.2, -0.15) is 0 Å². The van der Waals surface area contributed by atoms with Crippen molar-refractivity contribution in [2.75, 3.05) is 6.54 Å². The van der Waals surface area contributed by atoms with Crippen LogP contribution in [0.1, 0.15) is 54.4 Å². The Morgan fingerprint density at radius 3 is 2.27 bits per heavy atom. The lowest BCUT2D eigenvalue weighted by Gasteiger charge is -2.28. The van der Waals surface area contributed by atoms with Gasteiger partial charge in [-0.25, -0.2) is 0 Å². The number of Topliss-reactive ketones (excluding diaryl/α,β-unsaturated/α-hetero) is 1. The molecular weight excluding hydrogens is 300 g/mol. The van der Waals surface area contributed by atoms with Crippen molar-refractivity contribution in [3.63, 3.8) is 0 Å². The van der Waals surface area contributed by atoms with Crippen molar-refractivity contribution in [1.82, 2.24) is 5.32 Å². The molecule has 0 unspecified atom stereocenters. The van der Waals surface area contributed by atoms with Gasteiger partial charge < -0.3 is 11.1 Å². The topological polar surface area (TPSA) is 72.2 Å². The first-order valence-electron chi connectivity index (χ1n) is 7.66. The molecule has 4 nitrogen and oxygen atoms in total. The van der Waals surface area contributed by atoms with Crippen LogP contribution in [0.5, 0.6) is 0 Å². The third-order valence-electron chi connectivity index (χ3n) is 4.31. The van der Waals surface area contributed by atoms with E-state index in [-0.39, 0.29) is 42.5 Å². The molecule has 1 aliphatic rings. The number of benzene rings is 1. The molecule has 5 heteroatoms. The first-order chi connectivity index (χ1) is 10.0. The van der Waals surface area contributed by atoms with E-state index in [9.17, 15) is 9.59 Å². The molecule has 0 aromatic heterocycles. The number of aryl methyl sites for hydroxylation is 1. The molecule has 0 saturated heterocycles. The van der Waals surface area contributed by atoms with E-state index in [0.717, 1.165) is 31.2 Å². The highest BCUT2D eigenvalue weighted by Crippen LogP contribution is 2.28. The van der Waals surface area contributed by atoms with Crippen LogP contribution in [0.25, 0.3) is 0 Å². The second kappa shape index (κ2) is 8.30. The summed E-state index contributed by atoms with van der Waals surface area (Å²) in [5, 5.41) is 3.04. The van der Waals surface area contributed by atoms with E-state index in [0.29, 0.717) is 12.1 Å². The van der Waals surface area contributed by atoms with Gasteiger partial charge in [0, 0.05) is 24.9 Å². The Bertz CT molecular complexity index is 508. The summed E-state index contributed by atoms with van der Waals surface area (Å²) in [4.78, 5) is 24.1. The number of ketones is 1. The van der Waals surface area contributed by atoms with Gasteiger partial charge in [-0.15, -0.1) is 12.4 Å². The molecular formula is C17H25ClN2O2. The predicted octanol–water partition coefficient (Wildman–Crippen LogP) is 2.77. The van der Waals surface area contributed by atoms with Gasteiger partial charge >= 0.3 is 0 Å². The first kappa shape index (κ1) is 18.7. The van der Waals surface area contributed by atoms with Crippen molar-refractivity contribution >= 4 is 24.1 Å². The Morgan fingerprint density at radius 2 is 1.73 bits per heavy atom. The monoisotopic (exact) mass is 324 g/mol. The zero-order valence-corrected chi connectivity index (χ0v) is 13.9. The zero-order valence-electron chi connectivity index (χ0n) is 13.1. The summed E-state index contributed by atoms with van der Waals surface area (Å²) in [5.41, 5.74) is 7.35. The minimum absolute atomic E-state index is 0. The van der Waals surface area contributed by atoms with Crippen molar-refractivity contribution in [3.8, 4) is 0 Å². The van der Waals surface area contributed by atoms with E-state index >= 15 is 0 Å². The van der Waals surface area contributed by atoms with Crippen LogP contribution >= 0.6 is 12.4 Å². The average Bonchev–Trinajstić information content (AvgIpc) is 2.94. The van der Waals surface area contributed by atoms with Crippen LogP contribution in [-0.4, -0.2) is 23.8 Å². The summed E-state index contributed by atoms with van der Waals surface area (Å²) in [7, 11) is 0. The van der Waals surface area contributed by atoms with Gasteiger partial charge in [-0.1, -0.05) is 42.7 Å². The zero-order chi connectivity index (χ0) is 15.3. The number of amides is 1. The highest BCUT2D eigenvalue weighted by molar-refractivity contribution is 5.98. The first-order valence-corrected chi connectivity index (χ1v) is 7.66. The smallest absolute Gasteiger partial charge is 0.220 e. The molecule has 1 aliphatic carbocycles. The molecule has 0 aliphatic heterocycles. The second-order valence-electron chi connectivity index (χ2n) is 6.03. The van der Waals surface area contributed by atoms with Gasteiger partial charge in [0.05, 0.1) is 5.54 Å². The molecule has 1 amide bonds. The lowest BCUT2D eigenvalue weighted by atomic mass is 9.97. The fourth-order valence-electron chi connectivity index (χ4n) is 2.90. The van der Waals surface area contributed by atoms with E-state index in [2.05, 4.69) is 5.32 Å². The van der Waals surface area contributed by atoms with Crippen LogP contribution in [0.3, 0.4) is 0 Å². The molecule has 1 aromatic rings. The molecule has 2 rings (SSSR count). The van der Waals surface area contributed by atoms with Crippen molar-refractivity contribution in [1.29, 1.82) is 0 Å². The third kappa shape index (κ3) is 4.82. The number of hydrogen-bond acceptors (Lipinski definition) is 3. The fourth-order valence-corrected chi connectivity index (χ4v) is 2.90. The Labute approximate surface area is 138 Å². The Morgan fingerprint density at radius 1 is 1.14 bits per heavy atom. The molecule has 1 fully saturated rings. The summed E-state index contributed by atoms with van der Waals surface area (Å²) >= 11 is 0. The van der Waals surface area contributed by atoms with Crippen molar-refractivity contribution < 1.29 is 9.59 Å². The number of hydrogen-bond donors (Lipinski definition) is 2. The van der Waals surface area contributed by atoms with Crippen molar-refractivity contribution in [3.05, 3.63) is 35.4 Å². The van der Waals surface area contributed by atoms with Crippen LogP contribution in [0.2, 0.25) is 0 Å². The molecule has 0 atom stereocenters. The molecule has 3 N–H and O–H groups in total. The van der Waals surface area contributed by atoms with Gasteiger partial charge in [0.2, 0.25) is 5.91 Å². The molecule has 0 spiro atoms. The second-order valence-corrected chi connectivity index (χ2v) is 6.03. The molecule has 1 saturated carbocycles. The van der Waals surface area contributed by atoms with E-state index < -0.39 is 0 Å².